The first-order chi connectivity index (χ1) is 10.0. The van der Waals surface area contributed by atoms with E-state index in [1.54, 1.807) is 0 Å². The molecule has 2 heteroatoms. The van der Waals surface area contributed by atoms with Crippen molar-refractivity contribution < 1.29 is 9.53 Å². The predicted octanol–water partition coefficient (Wildman–Crippen LogP) is 4.74. The Bertz CT molecular complexity index is 392. The monoisotopic (exact) mass is 290 g/mol. The minimum absolute atomic E-state index is 0.109. The van der Waals surface area contributed by atoms with Crippen LogP contribution in [-0.4, -0.2) is 12.6 Å². The van der Waals surface area contributed by atoms with Gasteiger partial charge in [-0.3, -0.25) is 4.79 Å². The van der Waals surface area contributed by atoms with Crippen LogP contribution in [0.5, 0.6) is 0 Å². The Morgan fingerprint density at radius 1 is 1.38 bits per heavy atom. The van der Waals surface area contributed by atoms with Crippen molar-refractivity contribution >= 4 is 5.97 Å². The lowest BCUT2D eigenvalue weighted by molar-refractivity contribution is -0.155. The first-order valence-corrected chi connectivity index (χ1v) is 8.30. The molecular formula is C19H30O2. The van der Waals surface area contributed by atoms with Gasteiger partial charge in [0.15, 0.2) is 0 Å². The molecule has 0 saturated heterocycles. The fourth-order valence-corrected chi connectivity index (χ4v) is 2.93. The Balaban J connectivity index is 2.48. The van der Waals surface area contributed by atoms with Crippen LogP contribution >= 0.6 is 0 Å². The zero-order valence-corrected chi connectivity index (χ0v) is 13.9. The Morgan fingerprint density at radius 2 is 2.05 bits per heavy atom. The van der Waals surface area contributed by atoms with Crippen molar-refractivity contribution in [3.63, 3.8) is 0 Å². The maximum Gasteiger partial charge on any atom is 0.312 e. The van der Waals surface area contributed by atoms with Gasteiger partial charge in [0.2, 0.25) is 0 Å². The average Bonchev–Trinajstić information content (AvgIpc) is 2.48. The molecule has 1 aliphatic carbocycles. The predicted molar refractivity (Wildman–Crippen MR) is 87.7 cm³/mol. The zero-order valence-electron chi connectivity index (χ0n) is 13.9. The van der Waals surface area contributed by atoms with E-state index in [0.29, 0.717) is 12.5 Å². The Hall–Kier alpha value is -1.23. The van der Waals surface area contributed by atoms with Gasteiger partial charge >= 0.3 is 5.97 Å². The second kappa shape index (κ2) is 8.93. The van der Waals surface area contributed by atoms with Gasteiger partial charge in [0.05, 0.1) is 12.0 Å². The molecule has 0 N–H and O–H groups in total. The summed E-state index contributed by atoms with van der Waals surface area (Å²) in [6.07, 6.45) is 10.1. The largest absolute Gasteiger partial charge is 0.466 e. The summed E-state index contributed by atoms with van der Waals surface area (Å²) in [5, 5.41) is 0. The van der Waals surface area contributed by atoms with Crippen LogP contribution < -0.4 is 0 Å². The van der Waals surface area contributed by atoms with E-state index in [0.717, 1.165) is 12.8 Å². The van der Waals surface area contributed by atoms with Crippen LogP contribution in [0.2, 0.25) is 0 Å². The lowest BCUT2D eigenvalue weighted by atomic mass is 9.76. The molecule has 1 rings (SSSR count). The van der Waals surface area contributed by atoms with Crippen molar-refractivity contribution in [2.75, 3.05) is 6.61 Å². The molecule has 0 aromatic carbocycles. The van der Waals surface area contributed by atoms with Crippen LogP contribution in [0.15, 0.2) is 12.7 Å². The van der Waals surface area contributed by atoms with Gasteiger partial charge in [-0.2, -0.15) is 0 Å². The van der Waals surface area contributed by atoms with Crippen LogP contribution in [0.4, 0.5) is 0 Å². The van der Waals surface area contributed by atoms with Gasteiger partial charge in [0.25, 0.3) is 0 Å². The van der Waals surface area contributed by atoms with E-state index in [1.165, 1.54) is 32.1 Å². The number of hydrogen-bond acceptors (Lipinski definition) is 2. The third-order valence-electron chi connectivity index (χ3n) is 4.50. The van der Waals surface area contributed by atoms with Crippen LogP contribution in [-0.2, 0) is 9.53 Å². The molecule has 0 radical (unpaired) electrons. The number of esters is 1. The second-order valence-electron chi connectivity index (χ2n) is 6.48. The zero-order chi connectivity index (χ0) is 15.7. The number of hydrogen-bond donors (Lipinski definition) is 0. The summed E-state index contributed by atoms with van der Waals surface area (Å²) >= 11 is 0. The highest BCUT2D eigenvalue weighted by Crippen LogP contribution is 2.32. The fraction of sp³-hybridized carbons (Fsp3) is 0.737. The molecule has 0 aliphatic heterocycles. The number of rotatable bonds is 6. The fourth-order valence-electron chi connectivity index (χ4n) is 2.93. The first kappa shape index (κ1) is 17.8. The highest BCUT2D eigenvalue weighted by molar-refractivity contribution is 5.76. The van der Waals surface area contributed by atoms with Crippen molar-refractivity contribution in [1.29, 1.82) is 0 Å². The summed E-state index contributed by atoms with van der Waals surface area (Å²) in [6.45, 7) is 10.0. The maximum absolute atomic E-state index is 12.0. The van der Waals surface area contributed by atoms with Crippen LogP contribution in [0, 0.1) is 29.1 Å². The minimum atomic E-state index is -0.524. The molecule has 1 unspecified atom stereocenters. The molecule has 0 amide bonds. The van der Waals surface area contributed by atoms with E-state index < -0.39 is 5.41 Å². The van der Waals surface area contributed by atoms with E-state index in [9.17, 15) is 4.79 Å². The van der Waals surface area contributed by atoms with Gasteiger partial charge < -0.3 is 4.74 Å². The van der Waals surface area contributed by atoms with Crippen molar-refractivity contribution in [3.05, 3.63) is 12.7 Å². The molecule has 0 heterocycles. The number of carbonyl (C=O) groups excluding carboxylic acids is 1. The van der Waals surface area contributed by atoms with Crippen molar-refractivity contribution in [1.82, 2.24) is 0 Å². The molecular weight excluding hydrogens is 260 g/mol. The van der Waals surface area contributed by atoms with E-state index in [2.05, 4.69) is 18.4 Å². The van der Waals surface area contributed by atoms with Gasteiger partial charge in [0, 0.05) is 12.3 Å². The molecule has 1 saturated carbocycles. The quantitative estimate of drug-likeness (QED) is 0.401. The average molecular weight is 290 g/mol. The third kappa shape index (κ3) is 5.58. The summed E-state index contributed by atoms with van der Waals surface area (Å²) in [5.74, 6) is 7.28. The summed E-state index contributed by atoms with van der Waals surface area (Å²) in [6, 6.07) is 0. The van der Waals surface area contributed by atoms with Gasteiger partial charge in [-0.15, -0.1) is 12.5 Å². The minimum Gasteiger partial charge on any atom is -0.466 e. The Labute approximate surface area is 130 Å². The molecule has 21 heavy (non-hydrogen) atoms. The van der Waals surface area contributed by atoms with E-state index >= 15 is 0 Å². The lowest BCUT2D eigenvalue weighted by Gasteiger charge is -2.29. The third-order valence-corrected chi connectivity index (χ3v) is 4.50. The molecule has 2 nitrogen and oxygen atoms in total. The summed E-state index contributed by atoms with van der Waals surface area (Å²) in [7, 11) is 0. The molecule has 1 atom stereocenters. The second-order valence-corrected chi connectivity index (χ2v) is 6.48. The molecule has 0 aromatic rings. The topological polar surface area (TPSA) is 26.3 Å². The number of carbonyl (C=O) groups is 1. The molecule has 0 spiro atoms. The standard InChI is InChI=1S/C19H30O2/c1-5-17(19(3,4)18(20)21-6-2)15-11-10-14-16-12-8-7-9-13-16/h5,16-17H,1,6-9,11-13,15H2,2-4H3. The molecule has 0 bridgehead atoms. The van der Waals surface area contributed by atoms with Crippen LogP contribution in [0.3, 0.4) is 0 Å². The van der Waals surface area contributed by atoms with Crippen LogP contribution in [0.1, 0.15) is 65.7 Å². The van der Waals surface area contributed by atoms with Crippen molar-refractivity contribution in [2.45, 2.75) is 65.7 Å². The maximum atomic E-state index is 12.0. The van der Waals surface area contributed by atoms with Gasteiger partial charge in [0.1, 0.15) is 0 Å². The SMILES string of the molecule is C=CC(CCC#CC1CCCCC1)C(C)(C)C(=O)OCC. The van der Waals surface area contributed by atoms with E-state index in [4.69, 9.17) is 4.74 Å². The number of allylic oxidation sites excluding steroid dienone is 1. The van der Waals surface area contributed by atoms with Crippen LogP contribution in [0.25, 0.3) is 0 Å². The van der Waals surface area contributed by atoms with Gasteiger partial charge in [-0.1, -0.05) is 31.3 Å². The Morgan fingerprint density at radius 3 is 2.62 bits per heavy atom. The normalized spacial score (nSPS) is 17.5. The molecule has 1 aliphatic rings. The summed E-state index contributed by atoms with van der Waals surface area (Å²) in [4.78, 5) is 12.0. The van der Waals surface area contributed by atoms with Gasteiger partial charge in [-0.25, -0.2) is 0 Å². The highest BCUT2D eigenvalue weighted by Gasteiger charge is 2.35. The van der Waals surface area contributed by atoms with Crippen molar-refractivity contribution in [2.24, 2.45) is 17.3 Å². The smallest absolute Gasteiger partial charge is 0.312 e. The summed E-state index contributed by atoms with van der Waals surface area (Å²) in [5.41, 5.74) is -0.524. The van der Waals surface area contributed by atoms with Crippen molar-refractivity contribution in [3.8, 4) is 11.8 Å². The molecule has 0 aromatic heterocycles. The van der Waals surface area contributed by atoms with E-state index in [-0.39, 0.29) is 11.9 Å². The van der Waals surface area contributed by atoms with E-state index in [1.807, 2.05) is 26.8 Å². The number of ether oxygens (including phenoxy) is 1. The molecule has 1 fully saturated rings. The first-order valence-electron chi connectivity index (χ1n) is 8.30. The summed E-state index contributed by atoms with van der Waals surface area (Å²) < 4.78 is 5.17. The lowest BCUT2D eigenvalue weighted by Crippen LogP contribution is -2.33. The van der Waals surface area contributed by atoms with Gasteiger partial charge in [-0.05, 0) is 46.0 Å². The highest BCUT2D eigenvalue weighted by atomic mass is 16.5. The Kier molecular flexibility index (Phi) is 7.57. The molecule has 118 valence electrons.